The summed E-state index contributed by atoms with van der Waals surface area (Å²) in [4.78, 5) is 12.3. The Bertz CT molecular complexity index is 1670. The fraction of sp³-hybridized carbons (Fsp3) is 0.605. The van der Waals surface area contributed by atoms with Crippen molar-refractivity contribution >= 4 is 59.1 Å². The third-order valence-electron chi connectivity index (χ3n) is 9.89. The summed E-state index contributed by atoms with van der Waals surface area (Å²) in [6, 6.07) is 2.25. The van der Waals surface area contributed by atoms with E-state index in [2.05, 4.69) is 61.8 Å². The fourth-order valence-corrected chi connectivity index (χ4v) is 8.14. The first kappa shape index (κ1) is 45.3. The van der Waals surface area contributed by atoms with Crippen LogP contribution in [0.5, 0.6) is 0 Å². The van der Waals surface area contributed by atoms with Crippen LogP contribution in [-0.2, 0) is 18.0 Å². The molecule has 9 heteroatoms. The van der Waals surface area contributed by atoms with Crippen LogP contribution in [0.3, 0.4) is 0 Å². The number of nitrogens with zero attached hydrogens (tertiary/aromatic N) is 4. The second-order valence-corrected chi connectivity index (χ2v) is 15.0. The second-order valence-electron chi connectivity index (χ2n) is 13.4. The normalized spacial score (nSPS) is 14.7. The summed E-state index contributed by atoms with van der Waals surface area (Å²) in [5.74, 6) is 1.36. The number of allylic oxidation sites excluding steroid dienone is 2. The van der Waals surface area contributed by atoms with Gasteiger partial charge < -0.3 is 15.4 Å². The van der Waals surface area contributed by atoms with Crippen LogP contribution in [0.25, 0.3) is 22.3 Å². The predicted molar refractivity (Wildman–Crippen MR) is 229 cm³/mol. The lowest BCUT2D eigenvalue weighted by atomic mass is 9.85. The number of rotatable bonds is 12. The van der Waals surface area contributed by atoms with Crippen molar-refractivity contribution in [3.8, 4) is 6.07 Å². The van der Waals surface area contributed by atoms with E-state index in [4.69, 9.17) is 20.4 Å². The molecule has 1 fully saturated rings. The zero-order chi connectivity index (χ0) is 38.8. The summed E-state index contributed by atoms with van der Waals surface area (Å²) in [5.41, 5.74) is 12.9. The Labute approximate surface area is 321 Å². The minimum absolute atomic E-state index is 0.312. The van der Waals surface area contributed by atoms with Gasteiger partial charge in [-0.2, -0.15) is 5.26 Å². The van der Waals surface area contributed by atoms with Gasteiger partial charge in [0, 0.05) is 35.5 Å². The molecule has 288 valence electrons. The summed E-state index contributed by atoms with van der Waals surface area (Å²) in [5, 5.41) is 12.3. The molecule has 0 radical (unpaired) electrons. The molecule has 3 aromatic rings. The molecule has 2 atom stereocenters. The third-order valence-corrected chi connectivity index (χ3v) is 11.5. The van der Waals surface area contributed by atoms with Gasteiger partial charge in [0.2, 0.25) is 5.95 Å². The maximum atomic E-state index is 15.2. The van der Waals surface area contributed by atoms with Gasteiger partial charge >= 0.3 is 0 Å². The van der Waals surface area contributed by atoms with Crippen LogP contribution in [0.2, 0.25) is 0 Å². The number of aromatic nitrogens is 2. The number of nitriles is 1. The lowest BCUT2D eigenvalue weighted by Gasteiger charge is -2.22. The Morgan fingerprint density at radius 1 is 1.04 bits per heavy atom. The molecule has 4 heterocycles. The molecule has 52 heavy (non-hydrogen) atoms. The monoisotopic (exact) mass is 751 g/mol. The van der Waals surface area contributed by atoms with Crippen LogP contribution in [0.4, 0.5) is 15.3 Å². The number of nitrogens with two attached hydrogens (primary N) is 1. The van der Waals surface area contributed by atoms with Gasteiger partial charge in [-0.25, -0.2) is 14.4 Å². The van der Waals surface area contributed by atoms with Crippen molar-refractivity contribution in [2.45, 2.75) is 153 Å². The minimum atomic E-state index is -0.387. The van der Waals surface area contributed by atoms with Crippen LogP contribution >= 0.6 is 20.6 Å². The number of thiophene rings is 1. The van der Waals surface area contributed by atoms with E-state index < -0.39 is 0 Å². The van der Waals surface area contributed by atoms with Gasteiger partial charge in [0.25, 0.3) is 0 Å². The molecule has 2 aliphatic rings. The minimum Gasteiger partial charge on any atom is -0.389 e. The van der Waals surface area contributed by atoms with Crippen molar-refractivity contribution in [3.05, 3.63) is 50.5 Å². The number of ether oxygens (including phenoxy) is 1. The lowest BCUT2D eigenvalue weighted by molar-refractivity contribution is 0.135. The molecule has 5 rings (SSSR count). The predicted octanol–water partition coefficient (Wildman–Crippen LogP) is 12.7. The Morgan fingerprint density at radius 3 is 2.23 bits per heavy atom. The number of halogens is 1. The Balaban J connectivity index is 0.000000494. The van der Waals surface area contributed by atoms with Gasteiger partial charge in [-0.15, -0.1) is 20.6 Å². The molecule has 0 amide bonds. The number of benzene rings is 1. The van der Waals surface area contributed by atoms with Crippen molar-refractivity contribution in [2.75, 3.05) is 23.7 Å². The first-order valence-electron chi connectivity index (χ1n) is 19.9. The highest BCUT2D eigenvalue weighted by atomic mass is 32.1. The van der Waals surface area contributed by atoms with Gasteiger partial charge in [0.05, 0.1) is 29.2 Å². The molecular formula is C43H67FN5OPS. The van der Waals surface area contributed by atoms with Crippen molar-refractivity contribution in [3.63, 3.8) is 0 Å². The van der Waals surface area contributed by atoms with E-state index in [0.29, 0.717) is 34.2 Å². The van der Waals surface area contributed by atoms with Crippen molar-refractivity contribution in [1.82, 2.24) is 9.97 Å². The van der Waals surface area contributed by atoms with Gasteiger partial charge in [0.1, 0.15) is 16.9 Å². The number of hydrogen-bond donors (Lipinski definition) is 1. The fourth-order valence-electron chi connectivity index (χ4n) is 6.61. The molecule has 0 saturated carbocycles. The van der Waals surface area contributed by atoms with Gasteiger partial charge in [-0.1, -0.05) is 118 Å². The second kappa shape index (κ2) is 23.7. The van der Waals surface area contributed by atoms with E-state index in [9.17, 15) is 5.26 Å². The largest absolute Gasteiger partial charge is 0.389 e. The lowest BCUT2D eigenvalue weighted by Crippen LogP contribution is -2.21. The molecule has 6 nitrogen and oxygen atoms in total. The standard InChI is InChI=1S/C27H29FN5OPS.C10H22.C4H10.C2H6/c1-4-14(3)20(22-15(10-29)26(30)36-25(22)19(28)5-2)21-18-13-34-12-17(18)16-11-31-27(32-23(16)24(21)35)33-8-6-7-9-33;1-4-7-9-10(6-3)8-5-2;1-3-4-2;1-2/h5,11H,4,6-9,12-13,30,35H2,1-3H3;10H,4-9H2,1-3H3;3-4H2,1-2H3;1-2H3/b19-5+,20-14+;;;. The number of nitrogen functional groups attached to an aromatic ring is 1. The van der Waals surface area contributed by atoms with Crippen molar-refractivity contribution in [1.29, 1.82) is 5.26 Å². The highest BCUT2D eigenvalue weighted by Gasteiger charge is 2.31. The van der Waals surface area contributed by atoms with E-state index >= 15 is 4.39 Å². The Kier molecular flexibility index (Phi) is 20.7. The summed E-state index contributed by atoms with van der Waals surface area (Å²) in [7, 11) is 2.87. The average Bonchev–Trinajstić information content (AvgIpc) is 3.96. The molecule has 2 unspecified atom stereocenters. The van der Waals surface area contributed by atoms with E-state index in [-0.39, 0.29) is 5.83 Å². The summed E-state index contributed by atoms with van der Waals surface area (Å²) >= 11 is 1.12. The van der Waals surface area contributed by atoms with E-state index in [1.807, 2.05) is 27.0 Å². The Hall–Kier alpha value is -2.85. The van der Waals surface area contributed by atoms with Crippen molar-refractivity contribution in [2.24, 2.45) is 5.92 Å². The average molecular weight is 752 g/mol. The molecule has 1 aromatic carbocycles. The topological polar surface area (TPSA) is 88.1 Å². The maximum absolute atomic E-state index is 15.2. The van der Waals surface area contributed by atoms with E-state index in [1.54, 1.807) is 6.92 Å². The number of hydrogen-bond acceptors (Lipinski definition) is 7. The van der Waals surface area contributed by atoms with Crippen molar-refractivity contribution < 1.29 is 9.13 Å². The zero-order valence-electron chi connectivity index (χ0n) is 34.0. The van der Waals surface area contributed by atoms with Gasteiger partial charge in [-0.3, -0.25) is 0 Å². The van der Waals surface area contributed by atoms with Crippen LogP contribution in [0, 0.1) is 17.2 Å². The van der Waals surface area contributed by atoms with E-state index in [0.717, 1.165) is 99.6 Å². The zero-order valence-corrected chi connectivity index (χ0v) is 35.9. The SMILES string of the molecule is C/C=C(/F)c1sc(N)c(C#N)c1/C(=C(\C)CC)c1c2c(c3cnc(N4CCCC4)nc3c1P)COC2.CC.CCCC.CCCCC(CC)CCC. The van der Waals surface area contributed by atoms with Crippen LogP contribution < -0.4 is 15.9 Å². The summed E-state index contributed by atoms with van der Waals surface area (Å²) in [6.45, 7) is 23.8. The van der Waals surface area contributed by atoms with Gasteiger partial charge in [-0.05, 0) is 61.3 Å². The summed E-state index contributed by atoms with van der Waals surface area (Å²) in [6.07, 6.45) is 17.4. The molecule has 0 spiro atoms. The van der Waals surface area contributed by atoms with Crippen LogP contribution in [-0.4, -0.2) is 23.1 Å². The number of fused-ring (bicyclic) bond motifs is 3. The highest BCUT2D eigenvalue weighted by molar-refractivity contribution is 7.28. The first-order valence-corrected chi connectivity index (χ1v) is 21.3. The first-order chi connectivity index (χ1) is 25.2. The molecule has 0 bridgehead atoms. The Morgan fingerprint density at radius 2 is 1.69 bits per heavy atom. The molecule has 0 aliphatic carbocycles. The van der Waals surface area contributed by atoms with Crippen LogP contribution in [0.15, 0.2) is 17.8 Å². The number of anilines is 2. The van der Waals surface area contributed by atoms with Crippen LogP contribution in [0.1, 0.15) is 173 Å². The molecule has 2 N–H and O–H groups in total. The summed E-state index contributed by atoms with van der Waals surface area (Å²) < 4.78 is 21.1. The molecule has 1 saturated heterocycles. The number of unbranched alkanes of at least 4 members (excludes halogenated alkanes) is 2. The molecular weight excluding hydrogens is 685 g/mol. The molecule has 2 aromatic heterocycles. The highest BCUT2D eigenvalue weighted by Crippen LogP contribution is 2.46. The smallest absolute Gasteiger partial charge is 0.225 e. The van der Waals surface area contributed by atoms with Gasteiger partial charge in [0.15, 0.2) is 0 Å². The third kappa shape index (κ3) is 11.1. The van der Waals surface area contributed by atoms with E-state index in [1.165, 1.54) is 57.4 Å². The molecule has 2 aliphatic heterocycles. The quantitative estimate of drug-likeness (QED) is 0.185. The maximum Gasteiger partial charge on any atom is 0.225 e.